The van der Waals surface area contributed by atoms with Gasteiger partial charge in [0.25, 0.3) is 5.91 Å². The van der Waals surface area contributed by atoms with Gasteiger partial charge in [-0.05, 0) is 69.4 Å². The van der Waals surface area contributed by atoms with Crippen LogP contribution in [0.2, 0.25) is 0 Å². The number of halogens is 2. The van der Waals surface area contributed by atoms with Crippen LogP contribution >= 0.6 is 0 Å². The van der Waals surface area contributed by atoms with Crippen LogP contribution in [0.5, 0.6) is 5.88 Å². The number of hydrogen-bond acceptors (Lipinski definition) is 5. The third-order valence-corrected chi connectivity index (χ3v) is 6.57. The zero-order chi connectivity index (χ0) is 26.0. The van der Waals surface area contributed by atoms with Crippen LogP contribution in [0.4, 0.5) is 8.78 Å². The number of nitrogens with zero attached hydrogens (tertiary/aromatic N) is 3. The summed E-state index contributed by atoms with van der Waals surface area (Å²) in [6, 6.07) is 3.50. The number of alkyl halides is 2. The quantitative estimate of drug-likeness (QED) is 0.533. The standard InChI is InChI=1S/C26H38F2N4O3/c1-7-32-21(19-9-8-18(14-25(4,5)6)30-23(19)35-24(27)28)17(3)20(31-32)22(33)29-15-26(34)12-10-16(2)11-13-26/h8-9,16,24,34H,7,10-15H2,1-6H3,(H,29,33). The van der Waals surface area contributed by atoms with Crippen molar-refractivity contribution < 1.29 is 23.4 Å². The van der Waals surface area contributed by atoms with Gasteiger partial charge in [0.15, 0.2) is 5.69 Å². The molecule has 35 heavy (non-hydrogen) atoms. The number of rotatable bonds is 8. The summed E-state index contributed by atoms with van der Waals surface area (Å²) in [5.74, 6) is -0.0160. The van der Waals surface area contributed by atoms with E-state index in [1.807, 2.05) is 27.7 Å². The molecule has 1 saturated carbocycles. The average Bonchev–Trinajstić information content (AvgIpc) is 3.09. The van der Waals surface area contributed by atoms with Crippen LogP contribution in [-0.4, -0.2) is 44.5 Å². The van der Waals surface area contributed by atoms with Gasteiger partial charge in [0.2, 0.25) is 5.88 Å². The van der Waals surface area contributed by atoms with E-state index in [0.29, 0.717) is 54.2 Å². The number of aryl methyl sites for hydroxylation is 1. The summed E-state index contributed by atoms with van der Waals surface area (Å²) >= 11 is 0. The molecule has 0 bridgehead atoms. The van der Waals surface area contributed by atoms with Crippen molar-refractivity contribution in [3.05, 3.63) is 29.1 Å². The fraction of sp³-hybridized carbons (Fsp3) is 0.654. The van der Waals surface area contributed by atoms with E-state index in [1.165, 1.54) is 0 Å². The maximum Gasteiger partial charge on any atom is 0.388 e. The lowest BCUT2D eigenvalue weighted by Gasteiger charge is -2.34. The monoisotopic (exact) mass is 492 g/mol. The average molecular weight is 493 g/mol. The first-order valence-electron chi connectivity index (χ1n) is 12.3. The molecule has 0 spiro atoms. The number of amides is 1. The summed E-state index contributed by atoms with van der Waals surface area (Å²) < 4.78 is 32.9. The van der Waals surface area contributed by atoms with Gasteiger partial charge in [-0.3, -0.25) is 9.48 Å². The third kappa shape index (κ3) is 6.78. The molecule has 0 saturated heterocycles. The number of aliphatic hydroxyl groups is 1. The Balaban J connectivity index is 1.91. The second-order valence-corrected chi connectivity index (χ2v) is 11.0. The SMILES string of the molecule is CCn1nc(C(=O)NCC2(O)CCC(C)CC2)c(C)c1-c1ccc(CC(C)(C)C)nc1OC(F)F. The Kier molecular flexibility index (Phi) is 8.19. The van der Waals surface area contributed by atoms with Crippen LogP contribution in [0.1, 0.15) is 82.0 Å². The molecular formula is C26H38F2N4O3. The molecule has 0 atom stereocenters. The number of nitrogens with one attached hydrogen (secondary N) is 1. The van der Waals surface area contributed by atoms with Gasteiger partial charge >= 0.3 is 6.61 Å². The van der Waals surface area contributed by atoms with Gasteiger partial charge in [-0.25, -0.2) is 4.98 Å². The number of carbonyl (C=O) groups excluding carboxylic acids is 1. The Morgan fingerprint density at radius 3 is 2.54 bits per heavy atom. The number of aromatic nitrogens is 3. The van der Waals surface area contributed by atoms with E-state index in [9.17, 15) is 18.7 Å². The molecule has 194 valence electrons. The van der Waals surface area contributed by atoms with Crippen molar-refractivity contribution in [1.82, 2.24) is 20.1 Å². The first kappa shape index (κ1) is 27.0. The van der Waals surface area contributed by atoms with Crippen molar-refractivity contribution in [1.29, 1.82) is 0 Å². The van der Waals surface area contributed by atoms with Crippen molar-refractivity contribution in [2.24, 2.45) is 11.3 Å². The lowest BCUT2D eigenvalue weighted by Crippen LogP contribution is -2.45. The summed E-state index contributed by atoms with van der Waals surface area (Å²) in [5.41, 5.74) is 1.24. The zero-order valence-corrected chi connectivity index (χ0v) is 21.6. The molecule has 1 fully saturated rings. The molecule has 1 amide bonds. The van der Waals surface area contributed by atoms with Crippen molar-refractivity contribution in [2.45, 2.75) is 92.4 Å². The van der Waals surface area contributed by atoms with Gasteiger partial charge in [0.05, 0.1) is 16.9 Å². The Morgan fingerprint density at radius 2 is 1.97 bits per heavy atom. The molecule has 1 aliphatic rings. The van der Waals surface area contributed by atoms with Crippen molar-refractivity contribution in [3.8, 4) is 17.1 Å². The molecule has 1 aliphatic carbocycles. The van der Waals surface area contributed by atoms with E-state index < -0.39 is 18.1 Å². The Labute approximate surface area is 206 Å². The van der Waals surface area contributed by atoms with E-state index in [-0.39, 0.29) is 23.5 Å². The predicted octanol–water partition coefficient (Wildman–Crippen LogP) is 5.13. The highest BCUT2D eigenvalue weighted by Gasteiger charge is 2.33. The van der Waals surface area contributed by atoms with Crippen molar-refractivity contribution in [2.75, 3.05) is 6.54 Å². The number of pyridine rings is 1. The first-order valence-corrected chi connectivity index (χ1v) is 12.3. The highest BCUT2D eigenvalue weighted by Crippen LogP contribution is 2.35. The minimum absolute atomic E-state index is 0.0799. The molecule has 0 radical (unpaired) electrons. The van der Waals surface area contributed by atoms with Gasteiger partial charge in [0, 0.05) is 24.3 Å². The van der Waals surface area contributed by atoms with Crippen molar-refractivity contribution in [3.63, 3.8) is 0 Å². The maximum atomic E-state index is 13.3. The van der Waals surface area contributed by atoms with Crippen LogP contribution in [0.3, 0.4) is 0 Å². The molecular weight excluding hydrogens is 454 g/mol. The van der Waals surface area contributed by atoms with E-state index in [2.05, 4.69) is 22.3 Å². The Bertz CT molecular complexity index is 1040. The second kappa shape index (κ2) is 10.6. The van der Waals surface area contributed by atoms with E-state index in [4.69, 9.17) is 4.74 Å². The van der Waals surface area contributed by atoms with Gasteiger partial charge in [-0.15, -0.1) is 0 Å². The van der Waals surface area contributed by atoms with Crippen LogP contribution in [0.15, 0.2) is 12.1 Å². The minimum atomic E-state index is -3.04. The number of carbonyl (C=O) groups is 1. The van der Waals surface area contributed by atoms with Crippen LogP contribution in [-0.2, 0) is 13.0 Å². The largest absolute Gasteiger partial charge is 0.416 e. The number of ether oxygens (including phenoxy) is 1. The Morgan fingerprint density at radius 1 is 1.31 bits per heavy atom. The summed E-state index contributed by atoms with van der Waals surface area (Å²) in [5, 5.41) is 18.1. The summed E-state index contributed by atoms with van der Waals surface area (Å²) in [6.07, 6.45) is 3.72. The number of hydrogen-bond donors (Lipinski definition) is 2. The highest BCUT2D eigenvalue weighted by molar-refractivity contribution is 5.95. The highest BCUT2D eigenvalue weighted by atomic mass is 19.3. The van der Waals surface area contributed by atoms with E-state index in [1.54, 1.807) is 23.7 Å². The van der Waals surface area contributed by atoms with Gasteiger partial charge < -0.3 is 15.2 Å². The molecule has 2 N–H and O–H groups in total. The molecule has 0 aromatic carbocycles. The summed E-state index contributed by atoms with van der Waals surface area (Å²) in [6.45, 7) is 9.42. The van der Waals surface area contributed by atoms with Crippen LogP contribution in [0.25, 0.3) is 11.3 Å². The smallest absolute Gasteiger partial charge is 0.388 e. The van der Waals surface area contributed by atoms with Crippen molar-refractivity contribution >= 4 is 5.91 Å². The first-order chi connectivity index (χ1) is 16.3. The van der Waals surface area contributed by atoms with E-state index >= 15 is 0 Å². The molecule has 2 aromatic rings. The summed E-state index contributed by atoms with van der Waals surface area (Å²) in [7, 11) is 0. The molecule has 2 heterocycles. The fourth-order valence-electron chi connectivity index (χ4n) is 4.62. The molecule has 0 aliphatic heterocycles. The lowest BCUT2D eigenvalue weighted by atomic mass is 9.79. The van der Waals surface area contributed by atoms with Gasteiger partial charge in [-0.1, -0.05) is 27.7 Å². The molecule has 9 heteroatoms. The predicted molar refractivity (Wildman–Crippen MR) is 131 cm³/mol. The third-order valence-electron chi connectivity index (χ3n) is 6.57. The Hall–Kier alpha value is -2.55. The lowest BCUT2D eigenvalue weighted by molar-refractivity contribution is -0.0525. The zero-order valence-electron chi connectivity index (χ0n) is 21.6. The topological polar surface area (TPSA) is 89.3 Å². The van der Waals surface area contributed by atoms with E-state index in [0.717, 1.165) is 12.8 Å². The van der Waals surface area contributed by atoms with Gasteiger partial charge in [-0.2, -0.15) is 13.9 Å². The molecule has 0 unspecified atom stereocenters. The molecule has 3 rings (SSSR count). The van der Waals surface area contributed by atoms with Crippen LogP contribution in [0, 0.1) is 18.3 Å². The second-order valence-electron chi connectivity index (χ2n) is 11.0. The fourth-order valence-corrected chi connectivity index (χ4v) is 4.62. The molecule has 7 nitrogen and oxygen atoms in total. The summed E-state index contributed by atoms with van der Waals surface area (Å²) in [4.78, 5) is 17.4. The minimum Gasteiger partial charge on any atom is -0.416 e. The van der Waals surface area contributed by atoms with Crippen LogP contribution < -0.4 is 10.1 Å². The maximum absolute atomic E-state index is 13.3. The van der Waals surface area contributed by atoms with Gasteiger partial charge in [0.1, 0.15) is 0 Å². The normalized spacial score (nSPS) is 20.8. The molecule has 2 aromatic heterocycles.